The second kappa shape index (κ2) is 18.3. The summed E-state index contributed by atoms with van der Waals surface area (Å²) >= 11 is 0. The number of rotatable bonds is 17. The number of nitrogens with zero attached hydrogens (tertiary/aromatic N) is 1. The summed E-state index contributed by atoms with van der Waals surface area (Å²) in [5.74, 6) is -1.77. The Balaban J connectivity index is 1.86. The number of nitrogens with one attached hydrogen (secondary N) is 5. The van der Waals surface area contributed by atoms with Crippen LogP contribution in [-0.4, -0.2) is 76.6 Å². The minimum absolute atomic E-state index is 0.0843. The van der Waals surface area contributed by atoms with Gasteiger partial charge in [0.15, 0.2) is 0 Å². The number of sulfonamides is 1. The SMILES string of the molecule is CCNC(=O)[C@@H](NC(=O)[C@H](C)NC[C@H](Cc1ccccc1)NC(=O)c1cc(C(=O)N[C@H](C)c2ccccc2)cc(N(C)S(C)(=O)=O)c1)C(C)C. The summed E-state index contributed by atoms with van der Waals surface area (Å²) in [7, 11) is -2.37. The predicted molar refractivity (Wildman–Crippen MR) is 196 cm³/mol. The Hall–Kier alpha value is -4.75. The molecule has 5 N–H and O–H groups in total. The van der Waals surface area contributed by atoms with E-state index in [4.69, 9.17) is 0 Å². The molecule has 0 radical (unpaired) electrons. The molecule has 4 atom stereocenters. The maximum absolute atomic E-state index is 13.9. The Morgan fingerprint density at radius 1 is 0.760 bits per heavy atom. The lowest BCUT2D eigenvalue weighted by atomic mass is 10.0. The Morgan fingerprint density at radius 3 is 1.86 bits per heavy atom. The van der Waals surface area contributed by atoms with Gasteiger partial charge in [-0.15, -0.1) is 0 Å². The van der Waals surface area contributed by atoms with Gasteiger partial charge in [0.1, 0.15) is 6.04 Å². The van der Waals surface area contributed by atoms with Crippen LogP contribution in [0.4, 0.5) is 5.69 Å². The zero-order valence-corrected chi connectivity index (χ0v) is 30.6. The molecule has 13 heteroatoms. The highest BCUT2D eigenvalue weighted by Gasteiger charge is 2.27. The van der Waals surface area contributed by atoms with Crippen LogP contribution in [0.2, 0.25) is 0 Å². The van der Waals surface area contributed by atoms with Gasteiger partial charge in [-0.2, -0.15) is 0 Å². The molecule has 0 bridgehead atoms. The molecule has 0 aliphatic rings. The largest absolute Gasteiger partial charge is 0.355 e. The van der Waals surface area contributed by atoms with E-state index in [-0.39, 0.29) is 47.1 Å². The summed E-state index contributed by atoms with van der Waals surface area (Å²) in [5.41, 5.74) is 2.16. The Bertz CT molecular complexity index is 1720. The van der Waals surface area contributed by atoms with Gasteiger partial charge >= 0.3 is 0 Å². The van der Waals surface area contributed by atoms with Gasteiger partial charge in [0.2, 0.25) is 21.8 Å². The lowest BCUT2D eigenvalue weighted by molar-refractivity contribution is -0.130. The van der Waals surface area contributed by atoms with Crippen LogP contribution >= 0.6 is 0 Å². The van der Waals surface area contributed by atoms with E-state index in [1.54, 1.807) is 6.92 Å². The molecule has 270 valence electrons. The van der Waals surface area contributed by atoms with Crippen LogP contribution in [0.5, 0.6) is 0 Å². The third-order valence-electron chi connectivity index (χ3n) is 8.27. The van der Waals surface area contributed by atoms with E-state index in [0.717, 1.165) is 21.7 Å². The van der Waals surface area contributed by atoms with Gasteiger partial charge in [0.25, 0.3) is 11.8 Å². The fraction of sp³-hybridized carbons (Fsp3) is 0.405. The third kappa shape index (κ3) is 11.7. The van der Waals surface area contributed by atoms with Crippen LogP contribution in [0.15, 0.2) is 78.9 Å². The van der Waals surface area contributed by atoms with Crippen LogP contribution in [0.3, 0.4) is 0 Å². The summed E-state index contributed by atoms with van der Waals surface area (Å²) in [6.45, 7) is 9.66. The lowest BCUT2D eigenvalue weighted by Crippen LogP contribution is -2.55. The average Bonchev–Trinajstić information content (AvgIpc) is 3.08. The van der Waals surface area contributed by atoms with Crippen molar-refractivity contribution in [1.82, 2.24) is 26.6 Å². The molecule has 50 heavy (non-hydrogen) atoms. The minimum atomic E-state index is -3.72. The van der Waals surface area contributed by atoms with Crippen LogP contribution in [0.1, 0.15) is 72.5 Å². The number of anilines is 1. The normalized spacial score (nSPS) is 13.8. The summed E-state index contributed by atoms with van der Waals surface area (Å²) in [6, 6.07) is 20.9. The van der Waals surface area contributed by atoms with Crippen molar-refractivity contribution in [2.75, 3.05) is 30.7 Å². The van der Waals surface area contributed by atoms with E-state index < -0.39 is 40.0 Å². The minimum Gasteiger partial charge on any atom is -0.355 e. The molecule has 0 unspecified atom stereocenters. The number of likely N-dealkylation sites (N-methyl/N-ethyl adjacent to an activating group) is 1. The maximum atomic E-state index is 13.9. The number of benzene rings is 3. The van der Waals surface area contributed by atoms with Crippen molar-refractivity contribution in [2.24, 2.45) is 5.92 Å². The zero-order chi connectivity index (χ0) is 37.0. The molecule has 0 aliphatic heterocycles. The number of carbonyl (C=O) groups is 4. The van der Waals surface area contributed by atoms with Gasteiger partial charge in [-0.3, -0.25) is 23.5 Å². The highest BCUT2D eigenvalue weighted by Crippen LogP contribution is 2.22. The summed E-state index contributed by atoms with van der Waals surface area (Å²) < 4.78 is 26.0. The number of hydrogen-bond donors (Lipinski definition) is 5. The maximum Gasteiger partial charge on any atom is 0.251 e. The molecular formula is C37H50N6O6S. The smallest absolute Gasteiger partial charge is 0.251 e. The molecule has 0 saturated carbocycles. The Kier molecular flexibility index (Phi) is 14.5. The van der Waals surface area contributed by atoms with Gasteiger partial charge in [0.05, 0.1) is 24.0 Å². The first-order chi connectivity index (χ1) is 23.6. The first kappa shape index (κ1) is 39.7. The molecule has 0 saturated heterocycles. The first-order valence-electron chi connectivity index (χ1n) is 16.7. The molecule has 0 fully saturated rings. The van der Waals surface area contributed by atoms with Gasteiger partial charge in [-0.1, -0.05) is 74.5 Å². The van der Waals surface area contributed by atoms with Crippen molar-refractivity contribution in [3.05, 3.63) is 101 Å². The second-order valence-electron chi connectivity index (χ2n) is 12.7. The standard InChI is InChI=1S/C37H50N6O6S/c1-8-38-37(47)33(24(2)3)42-34(44)26(5)39-23-31(19-27-15-11-9-12-16-27)41-36(46)30-20-29(21-32(22-30)43(6)50(7,48)49)35(45)40-25(4)28-17-13-10-14-18-28/h9-18,20-22,24-26,31,33,39H,8,19,23H2,1-7H3,(H,38,47)(H,40,45)(H,41,46)(H,42,44)/t25-,26+,31+,33+/m1/s1. The van der Waals surface area contributed by atoms with E-state index >= 15 is 0 Å². The lowest BCUT2D eigenvalue weighted by Gasteiger charge is -2.25. The van der Waals surface area contributed by atoms with Crippen LogP contribution in [0.25, 0.3) is 0 Å². The molecule has 0 heterocycles. The highest BCUT2D eigenvalue weighted by molar-refractivity contribution is 7.92. The average molecular weight is 707 g/mol. The molecule has 3 rings (SSSR count). The van der Waals surface area contributed by atoms with E-state index in [1.807, 2.05) is 88.4 Å². The van der Waals surface area contributed by atoms with E-state index in [0.29, 0.717) is 13.0 Å². The molecule has 0 spiro atoms. The summed E-state index contributed by atoms with van der Waals surface area (Å²) in [6.07, 6.45) is 1.45. The van der Waals surface area contributed by atoms with Crippen molar-refractivity contribution in [3.63, 3.8) is 0 Å². The van der Waals surface area contributed by atoms with Gasteiger partial charge in [-0.25, -0.2) is 8.42 Å². The quantitative estimate of drug-likeness (QED) is 0.144. The van der Waals surface area contributed by atoms with Crippen LogP contribution in [-0.2, 0) is 26.0 Å². The summed E-state index contributed by atoms with van der Waals surface area (Å²) in [4.78, 5) is 52.9. The molecule has 4 amide bonds. The molecule has 3 aromatic carbocycles. The fourth-order valence-electron chi connectivity index (χ4n) is 5.20. The second-order valence-corrected chi connectivity index (χ2v) is 14.7. The van der Waals surface area contributed by atoms with Crippen molar-refractivity contribution in [3.8, 4) is 0 Å². The number of carbonyl (C=O) groups excluding carboxylic acids is 4. The predicted octanol–water partition coefficient (Wildman–Crippen LogP) is 3.17. The van der Waals surface area contributed by atoms with Crippen LogP contribution < -0.4 is 30.9 Å². The fourth-order valence-corrected chi connectivity index (χ4v) is 5.69. The number of hydrogen-bond acceptors (Lipinski definition) is 7. The van der Waals surface area contributed by atoms with E-state index in [1.165, 1.54) is 25.2 Å². The zero-order valence-electron chi connectivity index (χ0n) is 29.8. The van der Waals surface area contributed by atoms with E-state index in [9.17, 15) is 27.6 Å². The van der Waals surface area contributed by atoms with Gasteiger partial charge in [-0.05, 0) is 62.4 Å². The molecule has 3 aromatic rings. The third-order valence-corrected chi connectivity index (χ3v) is 9.48. The molecule has 0 aromatic heterocycles. The first-order valence-corrected chi connectivity index (χ1v) is 18.6. The highest BCUT2D eigenvalue weighted by atomic mass is 32.2. The van der Waals surface area contributed by atoms with Crippen molar-refractivity contribution in [2.45, 2.75) is 65.2 Å². The molecule has 12 nitrogen and oxygen atoms in total. The Morgan fingerprint density at radius 2 is 1.32 bits per heavy atom. The van der Waals surface area contributed by atoms with Gasteiger partial charge in [0, 0.05) is 37.3 Å². The molecule has 0 aliphatic carbocycles. The topological polar surface area (TPSA) is 166 Å². The molecular weight excluding hydrogens is 657 g/mol. The number of amides is 4. The van der Waals surface area contributed by atoms with Crippen LogP contribution in [0, 0.1) is 5.92 Å². The summed E-state index contributed by atoms with van der Waals surface area (Å²) in [5, 5.41) is 14.7. The monoisotopic (exact) mass is 706 g/mol. The van der Waals surface area contributed by atoms with Crippen molar-refractivity contribution in [1.29, 1.82) is 0 Å². The Labute approximate surface area is 295 Å². The van der Waals surface area contributed by atoms with Crippen molar-refractivity contribution < 1.29 is 27.6 Å². The van der Waals surface area contributed by atoms with E-state index in [2.05, 4.69) is 26.6 Å². The van der Waals surface area contributed by atoms with Gasteiger partial charge < -0.3 is 26.6 Å². The van der Waals surface area contributed by atoms with Crippen molar-refractivity contribution >= 4 is 39.3 Å².